The standard InChI is InChI=1S/C18H27NO3/c1-4-12-21-17-9-7-16(8-10-17)18(20)22-13-11-19-14(2)5-6-15(19)3/h7-10,14-15H,4-6,11-13H2,1-3H3/t14-,15-/m0/s1. The van der Waals surface area contributed by atoms with Crippen LogP contribution in [0.1, 0.15) is 50.4 Å². The largest absolute Gasteiger partial charge is 0.494 e. The highest BCUT2D eigenvalue weighted by Crippen LogP contribution is 2.22. The van der Waals surface area contributed by atoms with Gasteiger partial charge < -0.3 is 9.47 Å². The van der Waals surface area contributed by atoms with E-state index < -0.39 is 0 Å². The molecule has 0 unspecified atom stereocenters. The molecule has 0 radical (unpaired) electrons. The molecule has 1 fully saturated rings. The van der Waals surface area contributed by atoms with Crippen molar-refractivity contribution in [1.82, 2.24) is 4.90 Å². The number of hydrogen-bond acceptors (Lipinski definition) is 4. The first kappa shape index (κ1) is 16.8. The summed E-state index contributed by atoms with van der Waals surface area (Å²) in [5.74, 6) is 0.527. The molecule has 1 heterocycles. The van der Waals surface area contributed by atoms with E-state index in [0.29, 0.717) is 30.9 Å². The summed E-state index contributed by atoms with van der Waals surface area (Å²) in [5.41, 5.74) is 0.575. The first-order chi connectivity index (χ1) is 10.6. The molecule has 22 heavy (non-hydrogen) atoms. The minimum Gasteiger partial charge on any atom is -0.494 e. The molecule has 0 spiro atoms. The Kier molecular flexibility index (Phi) is 6.25. The van der Waals surface area contributed by atoms with Crippen LogP contribution in [-0.4, -0.2) is 42.7 Å². The zero-order chi connectivity index (χ0) is 15.9. The van der Waals surface area contributed by atoms with E-state index in [1.807, 2.05) is 12.1 Å². The van der Waals surface area contributed by atoms with Crippen molar-refractivity contribution in [3.05, 3.63) is 29.8 Å². The summed E-state index contributed by atoms with van der Waals surface area (Å²) in [5, 5.41) is 0. The van der Waals surface area contributed by atoms with E-state index >= 15 is 0 Å². The van der Waals surface area contributed by atoms with E-state index in [1.54, 1.807) is 12.1 Å². The number of benzene rings is 1. The molecule has 1 aromatic rings. The Morgan fingerprint density at radius 1 is 1.14 bits per heavy atom. The summed E-state index contributed by atoms with van der Waals surface area (Å²) in [4.78, 5) is 14.4. The molecule has 0 aromatic heterocycles. The van der Waals surface area contributed by atoms with Crippen LogP contribution >= 0.6 is 0 Å². The molecule has 1 aliphatic rings. The predicted molar refractivity (Wildman–Crippen MR) is 87.4 cm³/mol. The minimum absolute atomic E-state index is 0.262. The van der Waals surface area contributed by atoms with Gasteiger partial charge in [-0.25, -0.2) is 4.79 Å². The topological polar surface area (TPSA) is 38.8 Å². The van der Waals surface area contributed by atoms with E-state index in [4.69, 9.17) is 9.47 Å². The lowest BCUT2D eigenvalue weighted by Gasteiger charge is -2.25. The van der Waals surface area contributed by atoms with Crippen LogP contribution in [0.4, 0.5) is 0 Å². The van der Waals surface area contributed by atoms with Gasteiger partial charge in [0.25, 0.3) is 0 Å². The first-order valence-electron chi connectivity index (χ1n) is 8.27. The van der Waals surface area contributed by atoms with Crippen molar-refractivity contribution in [2.45, 2.75) is 52.1 Å². The Morgan fingerprint density at radius 2 is 1.77 bits per heavy atom. The minimum atomic E-state index is -0.262. The van der Waals surface area contributed by atoms with Crippen molar-refractivity contribution in [1.29, 1.82) is 0 Å². The summed E-state index contributed by atoms with van der Waals surface area (Å²) >= 11 is 0. The summed E-state index contributed by atoms with van der Waals surface area (Å²) in [6, 6.07) is 8.32. The molecule has 0 N–H and O–H groups in total. The van der Waals surface area contributed by atoms with Crippen LogP contribution < -0.4 is 4.74 Å². The van der Waals surface area contributed by atoms with Gasteiger partial charge in [-0.2, -0.15) is 0 Å². The maximum absolute atomic E-state index is 12.0. The third kappa shape index (κ3) is 4.47. The van der Waals surface area contributed by atoms with Crippen molar-refractivity contribution in [3.8, 4) is 5.75 Å². The second-order valence-corrected chi connectivity index (χ2v) is 6.02. The Hall–Kier alpha value is -1.55. The molecular weight excluding hydrogens is 278 g/mol. The van der Waals surface area contributed by atoms with Crippen LogP contribution in [0.25, 0.3) is 0 Å². The van der Waals surface area contributed by atoms with Crippen molar-refractivity contribution in [2.24, 2.45) is 0 Å². The number of carbonyl (C=O) groups is 1. The Morgan fingerprint density at radius 3 is 2.36 bits per heavy atom. The van der Waals surface area contributed by atoms with Gasteiger partial charge in [-0.15, -0.1) is 0 Å². The second-order valence-electron chi connectivity index (χ2n) is 6.02. The van der Waals surface area contributed by atoms with Gasteiger partial charge in [0, 0.05) is 18.6 Å². The highest BCUT2D eigenvalue weighted by Gasteiger charge is 2.26. The van der Waals surface area contributed by atoms with Crippen LogP contribution in [-0.2, 0) is 4.74 Å². The molecule has 0 saturated carbocycles. The van der Waals surface area contributed by atoms with Crippen LogP contribution in [0.5, 0.6) is 5.75 Å². The molecule has 0 bridgehead atoms. The average molecular weight is 305 g/mol. The molecule has 0 amide bonds. The summed E-state index contributed by atoms with van der Waals surface area (Å²) in [6.45, 7) is 8.48. The molecule has 0 aliphatic carbocycles. The van der Waals surface area contributed by atoms with Crippen molar-refractivity contribution in [3.63, 3.8) is 0 Å². The van der Waals surface area contributed by atoms with Crippen LogP contribution in [0.15, 0.2) is 24.3 Å². The lowest BCUT2D eigenvalue weighted by atomic mass is 10.2. The van der Waals surface area contributed by atoms with Gasteiger partial charge in [-0.1, -0.05) is 6.92 Å². The highest BCUT2D eigenvalue weighted by molar-refractivity contribution is 5.89. The van der Waals surface area contributed by atoms with Crippen LogP contribution in [0.2, 0.25) is 0 Å². The van der Waals surface area contributed by atoms with Crippen molar-refractivity contribution in [2.75, 3.05) is 19.8 Å². The smallest absolute Gasteiger partial charge is 0.338 e. The summed E-state index contributed by atoms with van der Waals surface area (Å²) in [7, 11) is 0. The molecular formula is C18H27NO3. The summed E-state index contributed by atoms with van der Waals surface area (Å²) < 4.78 is 10.9. The lowest BCUT2D eigenvalue weighted by molar-refractivity contribution is 0.0438. The second kappa shape index (κ2) is 8.18. The Labute approximate surface area is 133 Å². The normalized spacial score (nSPS) is 21.8. The monoisotopic (exact) mass is 305 g/mol. The maximum Gasteiger partial charge on any atom is 0.338 e. The molecule has 2 rings (SSSR count). The SMILES string of the molecule is CCCOc1ccc(C(=O)OCCN2[C@@H](C)CC[C@@H]2C)cc1. The first-order valence-corrected chi connectivity index (χ1v) is 8.27. The molecule has 1 saturated heterocycles. The van der Waals surface area contributed by atoms with Gasteiger partial charge in [0.2, 0.25) is 0 Å². The Balaban J connectivity index is 1.77. The van der Waals surface area contributed by atoms with Gasteiger partial charge in [-0.3, -0.25) is 4.90 Å². The third-order valence-electron chi connectivity index (χ3n) is 4.28. The lowest BCUT2D eigenvalue weighted by Crippen LogP contribution is -2.35. The molecule has 1 aromatic carbocycles. The van der Waals surface area contributed by atoms with E-state index in [2.05, 4.69) is 25.7 Å². The van der Waals surface area contributed by atoms with Gasteiger partial charge in [0.15, 0.2) is 0 Å². The maximum atomic E-state index is 12.0. The van der Waals surface area contributed by atoms with Crippen LogP contribution in [0.3, 0.4) is 0 Å². The number of likely N-dealkylation sites (tertiary alicyclic amines) is 1. The Bertz CT molecular complexity index is 462. The fourth-order valence-corrected chi connectivity index (χ4v) is 2.92. The molecule has 2 atom stereocenters. The van der Waals surface area contributed by atoms with Crippen molar-refractivity contribution < 1.29 is 14.3 Å². The zero-order valence-electron chi connectivity index (χ0n) is 13.9. The molecule has 122 valence electrons. The fraction of sp³-hybridized carbons (Fsp3) is 0.611. The molecule has 4 heteroatoms. The number of hydrogen-bond donors (Lipinski definition) is 0. The number of rotatable bonds is 7. The summed E-state index contributed by atoms with van der Waals surface area (Å²) in [6.07, 6.45) is 3.43. The van der Waals surface area contributed by atoms with E-state index in [-0.39, 0.29) is 5.97 Å². The molecule has 4 nitrogen and oxygen atoms in total. The quantitative estimate of drug-likeness (QED) is 0.723. The predicted octanol–water partition coefficient (Wildman–Crippen LogP) is 3.51. The van der Waals surface area contributed by atoms with Gasteiger partial charge >= 0.3 is 5.97 Å². The number of carbonyl (C=O) groups excluding carboxylic acids is 1. The molecule has 1 aliphatic heterocycles. The number of esters is 1. The van der Waals surface area contributed by atoms with Crippen molar-refractivity contribution >= 4 is 5.97 Å². The third-order valence-corrected chi connectivity index (χ3v) is 4.28. The van der Waals surface area contributed by atoms with Crippen LogP contribution in [0, 0.1) is 0 Å². The highest BCUT2D eigenvalue weighted by atomic mass is 16.5. The van der Waals surface area contributed by atoms with E-state index in [0.717, 1.165) is 18.7 Å². The van der Waals surface area contributed by atoms with Gasteiger partial charge in [0.1, 0.15) is 12.4 Å². The fourth-order valence-electron chi connectivity index (χ4n) is 2.92. The zero-order valence-corrected chi connectivity index (χ0v) is 13.9. The van der Waals surface area contributed by atoms with Gasteiger partial charge in [-0.05, 0) is 57.4 Å². The number of ether oxygens (including phenoxy) is 2. The van der Waals surface area contributed by atoms with Gasteiger partial charge in [0.05, 0.1) is 12.2 Å². The number of nitrogens with zero attached hydrogens (tertiary/aromatic N) is 1. The van der Waals surface area contributed by atoms with E-state index in [1.165, 1.54) is 12.8 Å². The van der Waals surface area contributed by atoms with E-state index in [9.17, 15) is 4.79 Å². The average Bonchev–Trinajstić information content (AvgIpc) is 2.85.